The van der Waals surface area contributed by atoms with Crippen LogP contribution in [0.5, 0.6) is 0 Å². The molecule has 0 saturated heterocycles. The molecule has 1 aliphatic rings. The zero-order valence-electron chi connectivity index (χ0n) is 16.4. The highest BCUT2D eigenvalue weighted by Gasteiger charge is 2.34. The summed E-state index contributed by atoms with van der Waals surface area (Å²) in [5, 5.41) is 1.63. The summed E-state index contributed by atoms with van der Waals surface area (Å²) in [7, 11) is 0. The number of nitrogens with zero attached hydrogens (tertiary/aromatic N) is 2. The Morgan fingerprint density at radius 3 is 2.59 bits per heavy atom. The molecule has 0 fully saturated rings. The van der Waals surface area contributed by atoms with Gasteiger partial charge in [-0.25, -0.2) is 4.99 Å². The van der Waals surface area contributed by atoms with Crippen molar-refractivity contribution in [3.8, 4) is 0 Å². The van der Waals surface area contributed by atoms with Crippen LogP contribution in [0.1, 0.15) is 16.0 Å². The first-order chi connectivity index (χ1) is 15.3. The number of thiophene rings is 1. The number of rotatable bonds is 3. The summed E-state index contributed by atoms with van der Waals surface area (Å²) < 4.78 is 40.3. The van der Waals surface area contributed by atoms with E-state index in [1.54, 1.807) is 28.4 Å². The number of benzene rings is 3. The van der Waals surface area contributed by atoms with Crippen LogP contribution in [-0.4, -0.2) is 11.6 Å². The largest absolute Gasteiger partial charge is 0.416 e. The number of fused-ring (bicyclic) bond motifs is 2. The van der Waals surface area contributed by atoms with Gasteiger partial charge in [-0.1, -0.05) is 35.9 Å². The number of para-hydroxylation sites is 1. The third-order valence-corrected chi connectivity index (χ3v) is 6.49. The van der Waals surface area contributed by atoms with E-state index in [9.17, 15) is 18.0 Å². The molecular weight excluding hydrogens is 457 g/mol. The van der Waals surface area contributed by atoms with E-state index in [-0.39, 0.29) is 17.3 Å². The van der Waals surface area contributed by atoms with Gasteiger partial charge in [0, 0.05) is 20.2 Å². The van der Waals surface area contributed by atoms with Crippen molar-refractivity contribution < 1.29 is 18.0 Å². The topological polar surface area (TPSA) is 32.7 Å². The molecule has 160 valence electrons. The number of anilines is 1. The highest BCUT2D eigenvalue weighted by Crippen LogP contribution is 2.36. The molecule has 8 heteroatoms. The Bertz CT molecular complexity index is 1390. The summed E-state index contributed by atoms with van der Waals surface area (Å²) in [6, 6.07) is 19.4. The van der Waals surface area contributed by atoms with E-state index in [2.05, 4.69) is 4.99 Å². The van der Waals surface area contributed by atoms with Crippen LogP contribution in [0.15, 0.2) is 77.8 Å². The smallest absolute Gasteiger partial charge is 0.301 e. The predicted octanol–water partition coefficient (Wildman–Crippen LogP) is 7.24. The third-order valence-electron chi connectivity index (χ3n) is 5.16. The minimum absolute atomic E-state index is 0.0799. The molecule has 3 nitrogen and oxygen atoms in total. The van der Waals surface area contributed by atoms with Gasteiger partial charge in [0.25, 0.3) is 5.91 Å². The first kappa shape index (κ1) is 20.7. The fraction of sp³-hybridized carbons (Fsp3) is 0.0833. The van der Waals surface area contributed by atoms with E-state index >= 15 is 0 Å². The molecule has 5 rings (SSSR count). The zero-order chi connectivity index (χ0) is 22.5. The van der Waals surface area contributed by atoms with Crippen LogP contribution >= 0.6 is 22.9 Å². The van der Waals surface area contributed by atoms with Crippen molar-refractivity contribution in [3.63, 3.8) is 0 Å². The van der Waals surface area contributed by atoms with Crippen molar-refractivity contribution in [2.24, 2.45) is 4.99 Å². The molecule has 2 heterocycles. The van der Waals surface area contributed by atoms with E-state index in [4.69, 9.17) is 11.6 Å². The Morgan fingerprint density at radius 2 is 1.78 bits per heavy atom. The SMILES string of the molecule is O=C1/C(=N\c2cccc(C(F)(F)F)c2)c2ccccc2N1Cc1cc2cc(Cl)ccc2s1. The van der Waals surface area contributed by atoms with Gasteiger partial charge in [-0.3, -0.25) is 4.79 Å². The van der Waals surface area contributed by atoms with Gasteiger partial charge in [-0.2, -0.15) is 13.2 Å². The van der Waals surface area contributed by atoms with E-state index in [1.165, 1.54) is 12.1 Å². The number of alkyl halides is 3. The molecule has 3 aromatic carbocycles. The molecule has 0 aliphatic carbocycles. The fourth-order valence-electron chi connectivity index (χ4n) is 3.71. The van der Waals surface area contributed by atoms with Crippen molar-refractivity contribution in [2.75, 3.05) is 4.90 Å². The van der Waals surface area contributed by atoms with Gasteiger partial charge >= 0.3 is 6.18 Å². The quantitative estimate of drug-likeness (QED) is 0.310. The van der Waals surface area contributed by atoms with Crippen molar-refractivity contribution in [1.29, 1.82) is 0 Å². The van der Waals surface area contributed by atoms with Crippen LogP contribution in [0.25, 0.3) is 10.1 Å². The van der Waals surface area contributed by atoms with Crippen molar-refractivity contribution in [3.05, 3.63) is 93.8 Å². The minimum atomic E-state index is -4.48. The summed E-state index contributed by atoms with van der Waals surface area (Å²) in [6.07, 6.45) is -4.48. The van der Waals surface area contributed by atoms with E-state index in [0.29, 0.717) is 22.8 Å². The molecule has 1 aliphatic heterocycles. The molecule has 1 amide bonds. The molecule has 0 N–H and O–H groups in total. The van der Waals surface area contributed by atoms with E-state index < -0.39 is 11.7 Å². The lowest BCUT2D eigenvalue weighted by molar-refractivity contribution is -0.137. The Hall–Kier alpha value is -3.16. The van der Waals surface area contributed by atoms with Crippen molar-refractivity contribution in [2.45, 2.75) is 12.7 Å². The maximum Gasteiger partial charge on any atom is 0.416 e. The van der Waals surface area contributed by atoms with Crippen LogP contribution in [0.4, 0.5) is 24.5 Å². The summed E-state index contributed by atoms with van der Waals surface area (Å²) in [5.74, 6) is -0.348. The van der Waals surface area contributed by atoms with Crippen molar-refractivity contribution >= 4 is 56.0 Å². The first-order valence-electron chi connectivity index (χ1n) is 9.65. The number of halogens is 4. The molecule has 0 bridgehead atoms. The molecule has 0 atom stereocenters. The highest BCUT2D eigenvalue weighted by atomic mass is 35.5. The Kier molecular flexibility index (Phi) is 5.03. The van der Waals surface area contributed by atoms with Gasteiger partial charge in [0.05, 0.1) is 23.5 Å². The van der Waals surface area contributed by atoms with Crippen LogP contribution in [0.2, 0.25) is 5.02 Å². The van der Waals surface area contributed by atoms with Gasteiger partial charge in [0.1, 0.15) is 5.71 Å². The molecule has 0 saturated carbocycles. The number of aliphatic imine (C=N–C) groups is 1. The van der Waals surface area contributed by atoms with Crippen LogP contribution < -0.4 is 4.90 Å². The minimum Gasteiger partial charge on any atom is -0.301 e. The van der Waals surface area contributed by atoms with Crippen LogP contribution in [0.3, 0.4) is 0 Å². The average molecular weight is 471 g/mol. The van der Waals surface area contributed by atoms with E-state index in [0.717, 1.165) is 27.1 Å². The summed E-state index contributed by atoms with van der Waals surface area (Å²) >= 11 is 7.64. The number of amides is 1. The average Bonchev–Trinajstić information content (AvgIpc) is 3.27. The lowest BCUT2D eigenvalue weighted by atomic mass is 10.1. The Balaban J connectivity index is 1.53. The molecule has 4 aromatic rings. The Labute approximate surface area is 190 Å². The molecule has 0 unspecified atom stereocenters. The van der Waals surface area contributed by atoms with Gasteiger partial charge in [0.2, 0.25) is 0 Å². The van der Waals surface area contributed by atoms with Crippen LogP contribution in [0, 0.1) is 0 Å². The maximum absolute atomic E-state index is 13.3. The third kappa shape index (κ3) is 3.78. The Morgan fingerprint density at radius 1 is 0.969 bits per heavy atom. The standard InChI is InChI=1S/C24H14ClF3N2OS/c25-16-8-9-21-14(10-16)11-18(32-21)13-30-20-7-2-1-6-19(20)22(23(30)31)29-17-5-3-4-15(12-17)24(26,27)28/h1-12H,13H2/b29-22-. The molecule has 32 heavy (non-hydrogen) atoms. The van der Waals surface area contributed by atoms with Gasteiger partial charge in [-0.05, 0) is 53.9 Å². The summed E-state index contributed by atoms with van der Waals surface area (Å²) in [6.45, 7) is 0.328. The number of hydrogen-bond acceptors (Lipinski definition) is 3. The fourth-order valence-corrected chi connectivity index (χ4v) is 4.92. The molecule has 0 radical (unpaired) electrons. The van der Waals surface area contributed by atoms with Gasteiger partial charge in [-0.15, -0.1) is 11.3 Å². The lowest BCUT2D eigenvalue weighted by Crippen LogP contribution is -2.29. The van der Waals surface area contributed by atoms with Gasteiger partial charge in [0.15, 0.2) is 0 Å². The predicted molar refractivity (Wildman–Crippen MR) is 122 cm³/mol. The maximum atomic E-state index is 13.3. The molecular formula is C24H14ClF3N2OS. The van der Waals surface area contributed by atoms with Crippen LogP contribution in [-0.2, 0) is 17.5 Å². The molecule has 1 aromatic heterocycles. The van der Waals surface area contributed by atoms with Crippen molar-refractivity contribution in [1.82, 2.24) is 0 Å². The second kappa shape index (κ2) is 7.76. The lowest BCUT2D eigenvalue weighted by Gasteiger charge is -2.15. The summed E-state index contributed by atoms with van der Waals surface area (Å²) in [4.78, 5) is 20.2. The first-order valence-corrected chi connectivity index (χ1v) is 10.8. The normalized spacial score (nSPS) is 15.1. The second-order valence-corrected chi connectivity index (χ2v) is 8.92. The molecule has 0 spiro atoms. The van der Waals surface area contributed by atoms with Gasteiger partial charge < -0.3 is 4.90 Å². The number of carbonyl (C=O) groups is 1. The second-order valence-electron chi connectivity index (χ2n) is 7.31. The zero-order valence-corrected chi connectivity index (χ0v) is 17.9. The highest BCUT2D eigenvalue weighted by molar-refractivity contribution is 7.19. The van der Waals surface area contributed by atoms with E-state index in [1.807, 2.05) is 36.4 Å². The number of hydrogen-bond donors (Lipinski definition) is 0. The monoisotopic (exact) mass is 470 g/mol. The number of carbonyl (C=O) groups excluding carboxylic acids is 1. The summed E-state index contributed by atoms with van der Waals surface area (Å²) in [5.41, 5.74) is 0.678.